The number of benzene rings is 1. The third-order valence-corrected chi connectivity index (χ3v) is 7.06. The van der Waals surface area contributed by atoms with Gasteiger partial charge in [0.2, 0.25) is 11.8 Å². The maximum absolute atomic E-state index is 12.9. The molecule has 4 nitrogen and oxygen atoms in total. The van der Waals surface area contributed by atoms with Gasteiger partial charge in [0.25, 0.3) is 0 Å². The van der Waals surface area contributed by atoms with Crippen molar-refractivity contribution in [3.8, 4) is 0 Å². The molecule has 1 aromatic rings. The van der Waals surface area contributed by atoms with Crippen molar-refractivity contribution < 1.29 is 9.59 Å². The van der Waals surface area contributed by atoms with Gasteiger partial charge in [-0.1, -0.05) is 23.7 Å². The zero-order valence-electron chi connectivity index (χ0n) is 15.8. The van der Waals surface area contributed by atoms with Crippen molar-refractivity contribution in [1.29, 1.82) is 0 Å². The molecule has 0 radical (unpaired) electrons. The highest BCUT2D eigenvalue weighted by Gasteiger charge is 2.54. The third-order valence-electron chi connectivity index (χ3n) is 6.81. The average molecular weight is 389 g/mol. The second kappa shape index (κ2) is 7.83. The number of carbonyl (C=O) groups is 2. The molecule has 0 heterocycles. The van der Waals surface area contributed by atoms with Crippen LogP contribution in [-0.4, -0.2) is 24.9 Å². The molecular formula is C22H29ClN2O2. The van der Waals surface area contributed by atoms with E-state index in [0.29, 0.717) is 19.5 Å². The van der Waals surface area contributed by atoms with Gasteiger partial charge >= 0.3 is 0 Å². The van der Waals surface area contributed by atoms with E-state index in [4.69, 9.17) is 11.6 Å². The summed E-state index contributed by atoms with van der Waals surface area (Å²) in [6.45, 7) is 1.04. The highest BCUT2D eigenvalue weighted by atomic mass is 35.5. The van der Waals surface area contributed by atoms with Crippen LogP contribution in [0.1, 0.15) is 50.5 Å². The lowest BCUT2D eigenvalue weighted by Crippen LogP contribution is -2.53. The fourth-order valence-corrected chi connectivity index (χ4v) is 6.08. The summed E-state index contributed by atoms with van der Waals surface area (Å²) in [4.78, 5) is 24.9. The minimum Gasteiger partial charge on any atom is -0.356 e. The zero-order chi connectivity index (χ0) is 18.9. The summed E-state index contributed by atoms with van der Waals surface area (Å²) in [7, 11) is 0. The standard InChI is InChI=1S/C22H29ClN2O2/c23-19-3-1-15(2-4-19)5-7-24-20(26)6-8-25-21(27)22-12-16-9-17(13-22)11-18(10-16)14-22/h1-4,16-18H,5-14H2,(H,24,26)(H,25,27). The number of amides is 2. The molecule has 1 aromatic carbocycles. The molecule has 146 valence electrons. The normalized spacial score (nSPS) is 30.9. The molecule has 4 saturated carbocycles. The molecule has 0 aliphatic heterocycles. The van der Waals surface area contributed by atoms with Crippen molar-refractivity contribution in [2.24, 2.45) is 23.2 Å². The lowest BCUT2D eigenvalue weighted by Gasteiger charge is -2.55. The van der Waals surface area contributed by atoms with Crippen LogP contribution in [0.4, 0.5) is 0 Å². The summed E-state index contributed by atoms with van der Waals surface area (Å²) >= 11 is 5.87. The van der Waals surface area contributed by atoms with Crippen molar-refractivity contribution in [1.82, 2.24) is 10.6 Å². The van der Waals surface area contributed by atoms with Crippen LogP contribution >= 0.6 is 11.6 Å². The van der Waals surface area contributed by atoms with Gasteiger partial charge in [-0.3, -0.25) is 9.59 Å². The predicted octanol–water partition coefficient (Wildman–Crippen LogP) is 3.72. The van der Waals surface area contributed by atoms with E-state index in [2.05, 4.69) is 10.6 Å². The topological polar surface area (TPSA) is 58.2 Å². The van der Waals surface area contributed by atoms with Gasteiger partial charge in [0.1, 0.15) is 0 Å². The lowest BCUT2D eigenvalue weighted by molar-refractivity contribution is -0.146. The maximum Gasteiger partial charge on any atom is 0.226 e. The Labute approximate surface area is 166 Å². The smallest absolute Gasteiger partial charge is 0.226 e. The number of hydrogen-bond donors (Lipinski definition) is 2. The summed E-state index contributed by atoms with van der Waals surface area (Å²) in [5, 5.41) is 6.72. The first-order valence-electron chi connectivity index (χ1n) is 10.3. The molecule has 0 aromatic heterocycles. The van der Waals surface area contributed by atoms with Crippen LogP contribution in [0.15, 0.2) is 24.3 Å². The van der Waals surface area contributed by atoms with E-state index in [0.717, 1.165) is 54.0 Å². The van der Waals surface area contributed by atoms with Crippen LogP contribution < -0.4 is 10.6 Å². The Morgan fingerprint density at radius 3 is 2.11 bits per heavy atom. The Hall–Kier alpha value is -1.55. The number of halogens is 1. The van der Waals surface area contributed by atoms with Gasteiger partial charge in [0.15, 0.2) is 0 Å². The van der Waals surface area contributed by atoms with Crippen molar-refractivity contribution in [2.45, 2.75) is 51.4 Å². The first kappa shape index (κ1) is 18.8. The monoisotopic (exact) mass is 388 g/mol. The van der Waals surface area contributed by atoms with Crippen LogP contribution in [0, 0.1) is 23.2 Å². The van der Waals surface area contributed by atoms with E-state index < -0.39 is 0 Å². The fraction of sp³-hybridized carbons (Fsp3) is 0.636. The fourth-order valence-electron chi connectivity index (χ4n) is 5.95. The SMILES string of the molecule is O=C(CCNC(=O)C12CC3CC(CC(C3)C1)C2)NCCc1ccc(Cl)cc1. The van der Waals surface area contributed by atoms with Gasteiger partial charge < -0.3 is 10.6 Å². The molecular weight excluding hydrogens is 360 g/mol. The molecule has 5 rings (SSSR count). The molecule has 4 aliphatic carbocycles. The molecule has 27 heavy (non-hydrogen) atoms. The van der Waals surface area contributed by atoms with E-state index in [1.54, 1.807) is 0 Å². The van der Waals surface area contributed by atoms with Gasteiger partial charge in [-0.15, -0.1) is 0 Å². The Bertz CT molecular complexity index is 665. The Kier molecular flexibility index (Phi) is 5.45. The van der Waals surface area contributed by atoms with Crippen molar-refractivity contribution in [2.75, 3.05) is 13.1 Å². The van der Waals surface area contributed by atoms with Gasteiger partial charge in [-0.25, -0.2) is 0 Å². The predicted molar refractivity (Wildman–Crippen MR) is 106 cm³/mol. The number of carbonyl (C=O) groups excluding carboxylic acids is 2. The summed E-state index contributed by atoms with van der Waals surface area (Å²) < 4.78 is 0. The minimum atomic E-state index is -0.125. The van der Waals surface area contributed by atoms with Gasteiger partial charge in [-0.05, 0) is 80.4 Å². The van der Waals surface area contributed by atoms with Crippen molar-refractivity contribution >= 4 is 23.4 Å². The number of hydrogen-bond acceptors (Lipinski definition) is 2. The quantitative estimate of drug-likeness (QED) is 0.747. The van der Waals surface area contributed by atoms with Crippen LogP contribution in [0.5, 0.6) is 0 Å². The zero-order valence-corrected chi connectivity index (χ0v) is 16.6. The molecule has 4 aliphatic rings. The summed E-state index contributed by atoms with van der Waals surface area (Å²) in [5.41, 5.74) is 1.02. The highest BCUT2D eigenvalue weighted by Crippen LogP contribution is 2.60. The van der Waals surface area contributed by atoms with Crippen LogP contribution in [0.3, 0.4) is 0 Å². The summed E-state index contributed by atoms with van der Waals surface area (Å²) in [6, 6.07) is 7.66. The van der Waals surface area contributed by atoms with E-state index >= 15 is 0 Å². The van der Waals surface area contributed by atoms with Gasteiger partial charge in [0.05, 0.1) is 0 Å². The van der Waals surface area contributed by atoms with E-state index in [9.17, 15) is 9.59 Å². The highest BCUT2D eigenvalue weighted by molar-refractivity contribution is 6.30. The largest absolute Gasteiger partial charge is 0.356 e. The molecule has 4 bridgehead atoms. The number of nitrogens with one attached hydrogen (secondary N) is 2. The van der Waals surface area contributed by atoms with Crippen LogP contribution in [-0.2, 0) is 16.0 Å². The van der Waals surface area contributed by atoms with Crippen LogP contribution in [0.2, 0.25) is 5.02 Å². The molecule has 4 fully saturated rings. The molecule has 0 spiro atoms. The molecule has 5 heteroatoms. The third kappa shape index (κ3) is 4.31. The molecule has 0 unspecified atom stereocenters. The van der Waals surface area contributed by atoms with E-state index in [1.807, 2.05) is 24.3 Å². The van der Waals surface area contributed by atoms with Gasteiger partial charge in [0, 0.05) is 29.9 Å². The molecule has 0 saturated heterocycles. The van der Waals surface area contributed by atoms with Crippen molar-refractivity contribution in [3.05, 3.63) is 34.9 Å². The number of rotatable bonds is 7. The van der Waals surface area contributed by atoms with Crippen LogP contribution in [0.25, 0.3) is 0 Å². The summed E-state index contributed by atoms with van der Waals surface area (Å²) in [6.07, 6.45) is 8.34. The van der Waals surface area contributed by atoms with E-state index in [1.165, 1.54) is 19.3 Å². The first-order valence-corrected chi connectivity index (χ1v) is 10.7. The second-order valence-corrected chi connectivity index (χ2v) is 9.37. The van der Waals surface area contributed by atoms with Gasteiger partial charge in [-0.2, -0.15) is 0 Å². The molecule has 0 atom stereocenters. The van der Waals surface area contributed by atoms with E-state index in [-0.39, 0.29) is 17.2 Å². The molecule has 2 N–H and O–H groups in total. The Morgan fingerprint density at radius 1 is 0.926 bits per heavy atom. The van der Waals surface area contributed by atoms with Crippen molar-refractivity contribution in [3.63, 3.8) is 0 Å². The molecule has 2 amide bonds. The average Bonchev–Trinajstić information content (AvgIpc) is 2.62. The second-order valence-electron chi connectivity index (χ2n) is 8.93. The minimum absolute atomic E-state index is 0.00484. The summed E-state index contributed by atoms with van der Waals surface area (Å²) in [5.74, 6) is 2.49. The first-order chi connectivity index (χ1) is 13.0. The maximum atomic E-state index is 12.9. The lowest BCUT2D eigenvalue weighted by atomic mass is 9.49. The Morgan fingerprint density at radius 2 is 1.52 bits per heavy atom. The Balaban J connectivity index is 1.17.